The topological polar surface area (TPSA) is 105 Å². The highest BCUT2D eigenvalue weighted by Gasteiger charge is 2.13. The molecule has 3 aromatic rings. The molecule has 166 valence electrons. The van der Waals surface area contributed by atoms with Crippen molar-refractivity contribution >= 4 is 35.0 Å². The fourth-order valence-corrected chi connectivity index (χ4v) is 3.19. The van der Waals surface area contributed by atoms with E-state index in [2.05, 4.69) is 5.32 Å². The second-order valence-corrected chi connectivity index (χ2v) is 7.76. The summed E-state index contributed by atoms with van der Waals surface area (Å²) in [5.41, 5.74) is 3.55. The lowest BCUT2D eigenvalue weighted by Crippen LogP contribution is -2.13. The molecule has 0 saturated heterocycles. The van der Waals surface area contributed by atoms with Crippen molar-refractivity contribution in [3.63, 3.8) is 0 Å². The number of amides is 1. The van der Waals surface area contributed by atoms with E-state index in [-0.39, 0.29) is 17.9 Å². The van der Waals surface area contributed by atoms with E-state index in [9.17, 15) is 20.2 Å². The van der Waals surface area contributed by atoms with Crippen molar-refractivity contribution in [1.29, 1.82) is 5.26 Å². The van der Waals surface area contributed by atoms with Gasteiger partial charge in [-0.15, -0.1) is 0 Å². The Hall–Kier alpha value is -4.15. The van der Waals surface area contributed by atoms with Gasteiger partial charge in [-0.05, 0) is 66.9 Å². The first kappa shape index (κ1) is 23.5. The number of non-ortho nitro benzene ring substituents is 1. The standard InChI is InChI=1S/C25H20ClN3O4/c1-16-6-8-22(10-17(16)2)28-25(30)20(14-27)12-19-13-21(26)7-9-24(19)33-15-18-4-3-5-23(11-18)29(31)32/h3-13H,15H2,1-2H3,(H,28,30)/b20-12+. The Balaban J connectivity index is 1.83. The van der Waals surface area contributed by atoms with Gasteiger partial charge in [-0.3, -0.25) is 14.9 Å². The minimum atomic E-state index is -0.564. The zero-order valence-electron chi connectivity index (χ0n) is 18.0. The molecule has 0 unspecified atom stereocenters. The third kappa shape index (κ3) is 6.19. The number of aryl methyl sites for hydroxylation is 2. The molecule has 0 heterocycles. The molecule has 33 heavy (non-hydrogen) atoms. The number of nitrogens with one attached hydrogen (secondary N) is 1. The van der Waals surface area contributed by atoms with Crippen molar-refractivity contribution < 1.29 is 14.5 Å². The maximum Gasteiger partial charge on any atom is 0.269 e. The van der Waals surface area contributed by atoms with Crippen molar-refractivity contribution in [2.75, 3.05) is 5.32 Å². The lowest BCUT2D eigenvalue weighted by atomic mass is 10.1. The number of carbonyl (C=O) groups excluding carboxylic acids is 1. The van der Waals surface area contributed by atoms with Gasteiger partial charge in [0.2, 0.25) is 0 Å². The van der Waals surface area contributed by atoms with E-state index >= 15 is 0 Å². The summed E-state index contributed by atoms with van der Waals surface area (Å²) in [7, 11) is 0. The van der Waals surface area contributed by atoms with Gasteiger partial charge in [-0.25, -0.2) is 0 Å². The lowest BCUT2D eigenvalue weighted by molar-refractivity contribution is -0.384. The Labute approximate surface area is 196 Å². The Morgan fingerprint density at radius 1 is 1.15 bits per heavy atom. The molecule has 0 aromatic heterocycles. The number of anilines is 1. The molecule has 8 heteroatoms. The van der Waals surface area contributed by atoms with E-state index in [1.807, 2.05) is 32.0 Å². The van der Waals surface area contributed by atoms with Crippen LogP contribution in [0.1, 0.15) is 22.3 Å². The molecule has 3 aromatic carbocycles. The lowest BCUT2D eigenvalue weighted by Gasteiger charge is -2.11. The van der Waals surface area contributed by atoms with Gasteiger partial charge in [0.05, 0.1) is 4.92 Å². The van der Waals surface area contributed by atoms with Crippen LogP contribution in [-0.2, 0) is 11.4 Å². The molecule has 0 aliphatic rings. The predicted octanol–water partition coefficient (Wildman–Crippen LogP) is 5.99. The highest BCUT2D eigenvalue weighted by molar-refractivity contribution is 6.30. The van der Waals surface area contributed by atoms with E-state index in [0.717, 1.165) is 11.1 Å². The number of rotatable bonds is 7. The third-order valence-electron chi connectivity index (χ3n) is 4.92. The van der Waals surface area contributed by atoms with Crippen LogP contribution < -0.4 is 10.1 Å². The highest BCUT2D eigenvalue weighted by Crippen LogP contribution is 2.27. The first-order chi connectivity index (χ1) is 15.8. The van der Waals surface area contributed by atoms with Gasteiger partial charge in [0.1, 0.15) is 24.0 Å². The second-order valence-electron chi connectivity index (χ2n) is 7.32. The maximum absolute atomic E-state index is 12.7. The van der Waals surface area contributed by atoms with E-state index in [4.69, 9.17) is 16.3 Å². The molecule has 0 aliphatic carbocycles. The molecular formula is C25H20ClN3O4. The average molecular weight is 462 g/mol. The van der Waals surface area contributed by atoms with Crippen molar-refractivity contribution in [1.82, 2.24) is 0 Å². The van der Waals surface area contributed by atoms with E-state index in [0.29, 0.717) is 27.6 Å². The molecule has 0 spiro atoms. The predicted molar refractivity (Wildman–Crippen MR) is 127 cm³/mol. The summed E-state index contributed by atoms with van der Waals surface area (Å²) in [5.74, 6) is -0.192. The normalized spacial score (nSPS) is 10.9. The van der Waals surface area contributed by atoms with Crippen LogP contribution >= 0.6 is 11.6 Å². The summed E-state index contributed by atoms with van der Waals surface area (Å²) in [4.78, 5) is 23.2. The number of nitro groups is 1. The number of nitro benzene ring substituents is 1. The Morgan fingerprint density at radius 2 is 1.94 bits per heavy atom. The Kier molecular flexibility index (Phi) is 7.44. The van der Waals surface area contributed by atoms with E-state index < -0.39 is 10.8 Å². The minimum Gasteiger partial charge on any atom is -0.488 e. The molecule has 0 radical (unpaired) electrons. The quantitative estimate of drug-likeness (QED) is 0.201. The molecule has 1 N–H and O–H groups in total. The van der Waals surface area contributed by atoms with E-state index in [1.54, 1.807) is 36.4 Å². The van der Waals surface area contributed by atoms with Gasteiger partial charge in [-0.1, -0.05) is 29.8 Å². The number of ether oxygens (including phenoxy) is 1. The first-order valence-electron chi connectivity index (χ1n) is 9.93. The number of hydrogen-bond donors (Lipinski definition) is 1. The molecule has 7 nitrogen and oxygen atoms in total. The molecular weight excluding hydrogens is 442 g/mol. The number of carbonyl (C=O) groups is 1. The van der Waals surface area contributed by atoms with Crippen LogP contribution in [0.3, 0.4) is 0 Å². The average Bonchev–Trinajstić information content (AvgIpc) is 2.79. The fourth-order valence-electron chi connectivity index (χ4n) is 3.01. The van der Waals surface area contributed by atoms with Gasteiger partial charge in [0.15, 0.2) is 0 Å². The van der Waals surface area contributed by atoms with Gasteiger partial charge in [0, 0.05) is 28.4 Å². The zero-order valence-corrected chi connectivity index (χ0v) is 18.7. The van der Waals surface area contributed by atoms with Crippen molar-refractivity contribution in [2.45, 2.75) is 20.5 Å². The molecule has 0 bridgehead atoms. The van der Waals surface area contributed by atoms with Crippen molar-refractivity contribution in [3.8, 4) is 11.8 Å². The summed E-state index contributed by atoms with van der Waals surface area (Å²) in [5, 5.41) is 23.7. The van der Waals surface area contributed by atoms with Gasteiger partial charge in [0.25, 0.3) is 11.6 Å². The smallest absolute Gasteiger partial charge is 0.269 e. The monoisotopic (exact) mass is 461 g/mol. The third-order valence-corrected chi connectivity index (χ3v) is 5.15. The molecule has 0 atom stereocenters. The number of nitriles is 1. The zero-order chi connectivity index (χ0) is 24.0. The van der Waals surface area contributed by atoms with Gasteiger partial charge in [-0.2, -0.15) is 5.26 Å². The Bertz CT molecular complexity index is 1300. The summed E-state index contributed by atoms with van der Waals surface area (Å²) in [6.07, 6.45) is 1.39. The van der Waals surface area contributed by atoms with Crippen molar-refractivity contribution in [2.24, 2.45) is 0 Å². The van der Waals surface area contributed by atoms with Crippen LogP contribution in [0.25, 0.3) is 6.08 Å². The van der Waals surface area contributed by atoms with Crippen LogP contribution in [0.15, 0.2) is 66.2 Å². The summed E-state index contributed by atoms with van der Waals surface area (Å²) >= 11 is 6.11. The second kappa shape index (κ2) is 10.4. The first-order valence-corrected chi connectivity index (χ1v) is 10.3. The van der Waals surface area contributed by atoms with Crippen LogP contribution in [0.2, 0.25) is 5.02 Å². The largest absolute Gasteiger partial charge is 0.488 e. The van der Waals surface area contributed by atoms with Crippen molar-refractivity contribution in [3.05, 3.63) is 104 Å². The number of nitrogens with zero attached hydrogens (tertiary/aromatic N) is 2. The van der Waals surface area contributed by atoms with Crippen LogP contribution in [0.5, 0.6) is 5.75 Å². The number of hydrogen-bond acceptors (Lipinski definition) is 5. The number of benzene rings is 3. The summed E-state index contributed by atoms with van der Waals surface area (Å²) in [6.45, 7) is 3.96. The van der Waals surface area contributed by atoms with Gasteiger partial charge < -0.3 is 10.1 Å². The molecule has 3 rings (SSSR count). The summed E-state index contributed by atoms with van der Waals surface area (Å²) < 4.78 is 5.82. The number of halogens is 1. The molecule has 1 amide bonds. The minimum absolute atomic E-state index is 0.0397. The fraction of sp³-hybridized carbons (Fsp3) is 0.120. The summed E-state index contributed by atoms with van der Waals surface area (Å²) in [6, 6.07) is 18.3. The van der Waals surface area contributed by atoms with Crippen LogP contribution in [-0.4, -0.2) is 10.8 Å². The molecule has 0 aliphatic heterocycles. The highest BCUT2D eigenvalue weighted by atomic mass is 35.5. The maximum atomic E-state index is 12.7. The SMILES string of the molecule is Cc1ccc(NC(=O)/C(C#N)=C/c2cc(Cl)ccc2OCc2cccc([N+](=O)[O-])c2)cc1C. The van der Waals surface area contributed by atoms with E-state index in [1.165, 1.54) is 18.2 Å². The molecule has 0 saturated carbocycles. The molecule has 0 fully saturated rings. The van der Waals surface area contributed by atoms with Crippen LogP contribution in [0.4, 0.5) is 11.4 Å². The van der Waals surface area contributed by atoms with Crippen LogP contribution in [0, 0.1) is 35.3 Å². The van der Waals surface area contributed by atoms with Gasteiger partial charge >= 0.3 is 0 Å². The Morgan fingerprint density at radius 3 is 2.64 bits per heavy atom.